The standard InChI is InChI=1S/C12H15Cl2N5/c13-7-1-2-8(9(14)5-7)12(3-4-15)11(17)18-6-10(16)19-12/h1-2,5-6,19H,3-4,15-16H2,(H2,17,18). The highest BCUT2D eigenvalue weighted by atomic mass is 35.5. The Balaban J connectivity index is 2.57. The van der Waals surface area contributed by atoms with Crippen LogP contribution < -0.4 is 22.5 Å². The van der Waals surface area contributed by atoms with E-state index in [2.05, 4.69) is 10.3 Å². The fourth-order valence-corrected chi connectivity index (χ4v) is 2.74. The lowest BCUT2D eigenvalue weighted by atomic mass is 9.84. The summed E-state index contributed by atoms with van der Waals surface area (Å²) < 4.78 is 0. The smallest absolute Gasteiger partial charge is 0.130 e. The van der Waals surface area contributed by atoms with E-state index in [1.165, 1.54) is 6.20 Å². The minimum absolute atomic E-state index is 0.372. The summed E-state index contributed by atoms with van der Waals surface area (Å²) in [5.41, 5.74) is 17.5. The van der Waals surface area contributed by atoms with E-state index in [0.29, 0.717) is 34.7 Å². The third-order valence-corrected chi connectivity index (χ3v) is 3.60. The van der Waals surface area contributed by atoms with Crippen LogP contribution in [0.2, 0.25) is 10.0 Å². The van der Waals surface area contributed by atoms with Crippen LogP contribution >= 0.6 is 23.2 Å². The molecule has 1 aliphatic heterocycles. The van der Waals surface area contributed by atoms with Gasteiger partial charge in [0.2, 0.25) is 0 Å². The number of nitrogens with zero attached hydrogens (tertiary/aromatic N) is 1. The summed E-state index contributed by atoms with van der Waals surface area (Å²) in [7, 11) is 0. The SMILES string of the molecule is NCCC1(c2ccc(Cl)cc2Cl)NC(N)=CN=C1N. The minimum Gasteiger partial charge on any atom is -0.385 e. The number of nitrogens with one attached hydrogen (secondary N) is 1. The maximum atomic E-state index is 6.27. The lowest BCUT2D eigenvalue weighted by Gasteiger charge is -2.37. The normalized spacial score (nSPS) is 22.5. The van der Waals surface area contributed by atoms with Crippen molar-refractivity contribution in [3.05, 3.63) is 45.8 Å². The molecule has 0 spiro atoms. The number of aliphatic imine (C=N–C) groups is 1. The summed E-state index contributed by atoms with van der Waals surface area (Å²) in [5, 5.41) is 4.17. The molecule has 1 unspecified atom stereocenters. The molecule has 5 nitrogen and oxygen atoms in total. The molecular weight excluding hydrogens is 285 g/mol. The molecule has 0 radical (unpaired) electrons. The molecule has 2 rings (SSSR count). The van der Waals surface area contributed by atoms with Crippen LogP contribution in [0.1, 0.15) is 12.0 Å². The average Bonchev–Trinajstić information content (AvgIpc) is 2.34. The van der Waals surface area contributed by atoms with Crippen LogP contribution in [0.4, 0.5) is 0 Å². The van der Waals surface area contributed by atoms with Crippen LogP contribution in [-0.2, 0) is 5.54 Å². The summed E-state index contributed by atoms with van der Waals surface area (Å²) in [6.45, 7) is 0.398. The van der Waals surface area contributed by atoms with Gasteiger partial charge in [0.05, 0.1) is 6.20 Å². The van der Waals surface area contributed by atoms with Crippen LogP contribution in [0.5, 0.6) is 0 Å². The Morgan fingerprint density at radius 1 is 1.26 bits per heavy atom. The van der Waals surface area contributed by atoms with Gasteiger partial charge in [-0.05, 0) is 25.1 Å². The van der Waals surface area contributed by atoms with E-state index in [0.717, 1.165) is 5.56 Å². The van der Waals surface area contributed by atoms with Crippen LogP contribution in [0.3, 0.4) is 0 Å². The van der Waals surface area contributed by atoms with Gasteiger partial charge >= 0.3 is 0 Å². The molecule has 1 aromatic carbocycles. The molecule has 19 heavy (non-hydrogen) atoms. The van der Waals surface area contributed by atoms with Crippen molar-refractivity contribution in [3.63, 3.8) is 0 Å². The van der Waals surface area contributed by atoms with Crippen molar-refractivity contribution in [2.24, 2.45) is 22.2 Å². The van der Waals surface area contributed by atoms with Crippen LogP contribution in [0, 0.1) is 0 Å². The second-order valence-corrected chi connectivity index (χ2v) is 5.14. The first-order valence-electron chi connectivity index (χ1n) is 5.73. The Kier molecular flexibility index (Phi) is 3.89. The Labute approximate surface area is 121 Å². The van der Waals surface area contributed by atoms with Gasteiger partial charge in [-0.15, -0.1) is 0 Å². The van der Waals surface area contributed by atoms with Crippen molar-refractivity contribution >= 4 is 29.0 Å². The largest absolute Gasteiger partial charge is 0.385 e. The van der Waals surface area contributed by atoms with Gasteiger partial charge in [-0.25, -0.2) is 4.99 Å². The van der Waals surface area contributed by atoms with E-state index < -0.39 is 5.54 Å². The average molecular weight is 300 g/mol. The molecule has 1 atom stereocenters. The third kappa shape index (κ3) is 2.49. The third-order valence-electron chi connectivity index (χ3n) is 3.05. The van der Waals surface area contributed by atoms with Crippen molar-refractivity contribution in [2.75, 3.05) is 6.54 Å². The van der Waals surface area contributed by atoms with E-state index in [1.54, 1.807) is 18.2 Å². The Hall–Kier alpha value is -1.43. The van der Waals surface area contributed by atoms with Crippen molar-refractivity contribution in [2.45, 2.75) is 12.0 Å². The predicted molar refractivity (Wildman–Crippen MR) is 78.8 cm³/mol. The molecule has 0 saturated heterocycles. The van der Waals surface area contributed by atoms with Crippen molar-refractivity contribution in [3.8, 4) is 0 Å². The van der Waals surface area contributed by atoms with Gasteiger partial charge in [0.1, 0.15) is 17.2 Å². The second-order valence-electron chi connectivity index (χ2n) is 4.29. The summed E-state index contributed by atoms with van der Waals surface area (Å²) in [5.74, 6) is 0.782. The maximum absolute atomic E-state index is 6.27. The van der Waals surface area contributed by atoms with Crippen molar-refractivity contribution < 1.29 is 0 Å². The first-order chi connectivity index (χ1) is 8.99. The molecule has 0 bridgehead atoms. The van der Waals surface area contributed by atoms with Gasteiger partial charge in [-0.1, -0.05) is 29.3 Å². The number of hydrogen-bond donors (Lipinski definition) is 4. The summed E-state index contributed by atoms with van der Waals surface area (Å²) >= 11 is 12.2. The van der Waals surface area contributed by atoms with Gasteiger partial charge < -0.3 is 22.5 Å². The van der Waals surface area contributed by atoms with Crippen LogP contribution in [0.25, 0.3) is 0 Å². The molecule has 0 aliphatic carbocycles. The van der Waals surface area contributed by atoms with Crippen molar-refractivity contribution in [1.82, 2.24) is 5.32 Å². The molecule has 0 aromatic heterocycles. The van der Waals surface area contributed by atoms with Crippen LogP contribution in [0.15, 0.2) is 35.2 Å². The number of rotatable bonds is 3. The van der Waals surface area contributed by atoms with E-state index in [-0.39, 0.29) is 0 Å². The molecular formula is C12H15Cl2N5. The van der Waals surface area contributed by atoms with Crippen molar-refractivity contribution in [1.29, 1.82) is 0 Å². The fourth-order valence-electron chi connectivity index (χ4n) is 2.17. The van der Waals surface area contributed by atoms with E-state index in [4.69, 9.17) is 40.4 Å². The number of benzene rings is 1. The second kappa shape index (κ2) is 5.28. The maximum Gasteiger partial charge on any atom is 0.130 e. The molecule has 1 heterocycles. The highest BCUT2D eigenvalue weighted by Gasteiger charge is 2.39. The summed E-state index contributed by atoms with van der Waals surface area (Å²) in [4.78, 5) is 4.12. The predicted octanol–water partition coefficient (Wildman–Crippen LogP) is 1.26. The van der Waals surface area contributed by atoms with E-state index in [1.807, 2.05) is 0 Å². The van der Waals surface area contributed by atoms with Gasteiger partial charge in [-0.3, -0.25) is 0 Å². The van der Waals surface area contributed by atoms with E-state index in [9.17, 15) is 0 Å². The van der Waals surface area contributed by atoms with Gasteiger partial charge in [-0.2, -0.15) is 0 Å². The summed E-state index contributed by atoms with van der Waals surface area (Å²) in [6.07, 6.45) is 1.98. The monoisotopic (exact) mass is 299 g/mol. The Morgan fingerprint density at radius 3 is 2.63 bits per heavy atom. The number of nitrogens with two attached hydrogens (primary N) is 3. The first kappa shape index (κ1) is 14.0. The zero-order valence-corrected chi connectivity index (χ0v) is 11.7. The molecule has 7 heteroatoms. The highest BCUT2D eigenvalue weighted by molar-refractivity contribution is 6.35. The lowest BCUT2D eigenvalue weighted by molar-refractivity contribution is 0.450. The summed E-state index contributed by atoms with van der Waals surface area (Å²) in [6, 6.07) is 5.19. The quantitative estimate of drug-likeness (QED) is 0.674. The zero-order chi connectivity index (χ0) is 14.0. The molecule has 1 aliphatic rings. The van der Waals surface area contributed by atoms with Crippen LogP contribution in [-0.4, -0.2) is 12.4 Å². The molecule has 7 N–H and O–H groups in total. The molecule has 102 valence electrons. The number of amidine groups is 1. The Morgan fingerprint density at radius 2 is 2.00 bits per heavy atom. The molecule has 1 aromatic rings. The topological polar surface area (TPSA) is 102 Å². The molecule has 0 fully saturated rings. The number of halogens is 2. The van der Waals surface area contributed by atoms with Gasteiger partial charge in [0.25, 0.3) is 0 Å². The van der Waals surface area contributed by atoms with E-state index >= 15 is 0 Å². The molecule has 0 amide bonds. The highest BCUT2D eigenvalue weighted by Crippen LogP contribution is 2.34. The van der Waals surface area contributed by atoms with Gasteiger partial charge in [0.15, 0.2) is 0 Å². The Bertz CT molecular complexity index is 555. The first-order valence-corrected chi connectivity index (χ1v) is 6.48. The number of hydrogen-bond acceptors (Lipinski definition) is 5. The lowest BCUT2D eigenvalue weighted by Crippen LogP contribution is -2.56. The fraction of sp³-hybridized carbons (Fsp3) is 0.250. The minimum atomic E-state index is -0.796. The van der Waals surface area contributed by atoms with Gasteiger partial charge in [0, 0.05) is 15.6 Å². The zero-order valence-electron chi connectivity index (χ0n) is 10.2. The molecule has 0 saturated carbocycles.